The SMILES string of the molecule is CC(=O)NS(=O)(=O)c1ccc(NC(=S)N2CCN(c3ncnc4scc(-c5ccc(C)[c-]c5C)c34)CC2)cc1.[Y]. The average Bonchev–Trinajstić information content (AvgIpc) is 3.32. The molecule has 0 unspecified atom stereocenters. The Kier molecular flexibility index (Phi) is 9.56. The molecule has 1 saturated heterocycles. The standard InChI is InChI=1S/C27H27N6O3S3.Y/c1-17-4-9-22(18(2)14-17)23-15-38-26-24(23)25(28-16-29-26)32-10-12-33(13-11-32)27(37)30-20-5-7-21(8-6-20)39(35,36)31-19(3)34;/h4-9,15-16H,10-13H2,1-3H3,(H,30,37)(H,31,34);/q-1;. The van der Waals surface area contributed by atoms with Crippen LogP contribution in [-0.4, -0.2) is 60.5 Å². The molecule has 0 aliphatic carbocycles. The van der Waals surface area contributed by atoms with E-state index in [0.717, 1.165) is 58.3 Å². The van der Waals surface area contributed by atoms with Crippen molar-refractivity contribution in [1.82, 2.24) is 19.6 Å². The topological polar surface area (TPSA) is 108 Å². The fourth-order valence-electron chi connectivity index (χ4n) is 4.62. The first-order valence-electron chi connectivity index (χ1n) is 12.3. The average molecular weight is 669 g/mol. The fraction of sp³-hybridized carbons (Fsp3) is 0.259. The first-order chi connectivity index (χ1) is 18.6. The third-order valence-corrected chi connectivity index (χ3v) is 9.19. The summed E-state index contributed by atoms with van der Waals surface area (Å²) >= 11 is 7.26. The van der Waals surface area contributed by atoms with Gasteiger partial charge in [-0.15, -0.1) is 16.9 Å². The van der Waals surface area contributed by atoms with Crippen LogP contribution in [0.15, 0.2) is 53.0 Å². The van der Waals surface area contributed by atoms with Gasteiger partial charge >= 0.3 is 0 Å². The summed E-state index contributed by atoms with van der Waals surface area (Å²) < 4.78 is 26.3. The predicted octanol–water partition coefficient (Wildman–Crippen LogP) is 4.12. The number of piperazine rings is 1. The van der Waals surface area contributed by atoms with E-state index in [9.17, 15) is 13.2 Å². The van der Waals surface area contributed by atoms with Gasteiger partial charge in [-0.05, 0) is 47.4 Å². The summed E-state index contributed by atoms with van der Waals surface area (Å²) in [6.07, 6.45) is 1.63. The summed E-state index contributed by atoms with van der Waals surface area (Å²) in [7, 11) is -3.88. The number of hydrogen-bond donors (Lipinski definition) is 2. The van der Waals surface area contributed by atoms with Crippen LogP contribution in [-0.2, 0) is 47.5 Å². The maximum Gasteiger partial charge on any atom is 0.264 e. The van der Waals surface area contributed by atoms with Crippen molar-refractivity contribution < 1.29 is 45.9 Å². The third-order valence-electron chi connectivity index (χ3n) is 6.49. The molecule has 0 atom stereocenters. The molecular weight excluding hydrogens is 641 g/mol. The number of nitrogens with zero attached hydrogens (tertiary/aromatic N) is 4. The van der Waals surface area contributed by atoms with Gasteiger partial charge in [-0.1, -0.05) is 13.8 Å². The molecule has 3 heterocycles. The van der Waals surface area contributed by atoms with Gasteiger partial charge in [0.05, 0.1) is 4.90 Å². The van der Waals surface area contributed by atoms with E-state index in [0.29, 0.717) is 23.9 Å². The summed E-state index contributed by atoms with van der Waals surface area (Å²) in [5.41, 5.74) is 5.14. The van der Waals surface area contributed by atoms with Gasteiger partial charge < -0.3 is 15.1 Å². The number of aryl methyl sites for hydroxylation is 2. The number of thiocarbonyl (C=S) groups is 1. The number of amides is 1. The Labute approximate surface area is 268 Å². The molecule has 1 fully saturated rings. The van der Waals surface area contributed by atoms with Crippen LogP contribution >= 0.6 is 23.6 Å². The molecule has 1 amide bonds. The van der Waals surface area contributed by atoms with Crippen LogP contribution < -0.4 is 14.9 Å². The molecule has 205 valence electrons. The minimum Gasteiger partial charge on any atom is -0.352 e. The molecule has 1 aliphatic rings. The maximum absolute atomic E-state index is 12.2. The second-order valence-corrected chi connectivity index (χ2v) is 12.2. The largest absolute Gasteiger partial charge is 0.352 e. The van der Waals surface area contributed by atoms with Gasteiger partial charge in [0, 0.05) is 76.9 Å². The summed E-state index contributed by atoms with van der Waals surface area (Å²) in [4.78, 5) is 25.7. The summed E-state index contributed by atoms with van der Waals surface area (Å²) in [5, 5.41) is 6.95. The Morgan fingerprint density at radius 1 is 1.02 bits per heavy atom. The minimum atomic E-state index is -3.88. The van der Waals surface area contributed by atoms with Gasteiger partial charge in [-0.25, -0.2) is 23.1 Å². The molecule has 2 aromatic heterocycles. The van der Waals surface area contributed by atoms with E-state index >= 15 is 0 Å². The van der Waals surface area contributed by atoms with E-state index in [4.69, 9.17) is 12.2 Å². The van der Waals surface area contributed by atoms with Crippen molar-refractivity contribution in [1.29, 1.82) is 0 Å². The Morgan fingerprint density at radius 3 is 2.38 bits per heavy atom. The van der Waals surface area contributed by atoms with Crippen molar-refractivity contribution in [2.75, 3.05) is 36.4 Å². The van der Waals surface area contributed by atoms with E-state index in [-0.39, 0.29) is 37.6 Å². The first-order valence-corrected chi connectivity index (χ1v) is 15.1. The number of benzene rings is 2. The number of rotatable bonds is 5. The van der Waals surface area contributed by atoms with Crippen molar-refractivity contribution in [3.8, 4) is 11.1 Å². The van der Waals surface area contributed by atoms with Crippen LogP contribution in [0.5, 0.6) is 0 Å². The Bertz CT molecular complexity index is 1670. The number of carbonyl (C=O) groups is 1. The quantitative estimate of drug-likeness (QED) is 0.240. The number of sulfonamides is 1. The molecule has 9 nitrogen and oxygen atoms in total. The zero-order valence-corrected chi connectivity index (χ0v) is 27.6. The van der Waals surface area contributed by atoms with Crippen molar-refractivity contribution in [2.24, 2.45) is 0 Å². The van der Waals surface area contributed by atoms with E-state index in [1.54, 1.807) is 29.8 Å². The fourth-order valence-corrected chi connectivity index (χ4v) is 6.81. The number of carbonyl (C=O) groups excluding carboxylic acids is 1. The van der Waals surface area contributed by atoms with Crippen molar-refractivity contribution in [3.63, 3.8) is 0 Å². The molecule has 0 saturated carbocycles. The van der Waals surface area contributed by atoms with Crippen LogP contribution in [0.25, 0.3) is 21.3 Å². The van der Waals surface area contributed by atoms with Gasteiger partial charge in [0.2, 0.25) is 5.91 Å². The molecule has 0 spiro atoms. The molecule has 1 aliphatic heterocycles. The zero-order valence-electron chi connectivity index (χ0n) is 22.3. The van der Waals surface area contributed by atoms with Crippen molar-refractivity contribution >= 4 is 66.3 Å². The molecule has 2 N–H and O–H groups in total. The predicted molar refractivity (Wildman–Crippen MR) is 159 cm³/mol. The Balaban J connectivity index is 0.00000370. The third kappa shape index (κ3) is 6.52. The van der Waals surface area contributed by atoms with Crippen LogP contribution in [0, 0.1) is 19.9 Å². The molecule has 2 aromatic carbocycles. The van der Waals surface area contributed by atoms with E-state index < -0.39 is 15.9 Å². The van der Waals surface area contributed by atoms with Gasteiger partial charge in [-0.3, -0.25) is 4.79 Å². The van der Waals surface area contributed by atoms with Crippen molar-refractivity contribution in [3.05, 3.63) is 65.3 Å². The summed E-state index contributed by atoms with van der Waals surface area (Å²) in [6.45, 7) is 8.14. The van der Waals surface area contributed by atoms with Crippen LogP contribution in [0.4, 0.5) is 11.5 Å². The second-order valence-electron chi connectivity index (χ2n) is 9.30. The van der Waals surface area contributed by atoms with Gasteiger partial charge in [0.15, 0.2) is 5.11 Å². The van der Waals surface area contributed by atoms with E-state index in [1.807, 2.05) is 11.6 Å². The van der Waals surface area contributed by atoms with Crippen molar-refractivity contribution in [2.45, 2.75) is 25.7 Å². The molecule has 40 heavy (non-hydrogen) atoms. The number of thiophene rings is 1. The maximum atomic E-state index is 12.2. The van der Waals surface area contributed by atoms with Gasteiger partial charge in [-0.2, -0.15) is 29.3 Å². The minimum absolute atomic E-state index is 0. The molecular formula is C27H27N6O3S3Y-. The number of anilines is 2. The smallest absolute Gasteiger partial charge is 0.264 e. The summed E-state index contributed by atoms with van der Waals surface area (Å²) in [6, 6.07) is 13.8. The zero-order chi connectivity index (χ0) is 27.7. The number of hydrogen-bond acceptors (Lipinski definition) is 8. The molecule has 5 rings (SSSR count). The van der Waals surface area contributed by atoms with Gasteiger partial charge in [0.25, 0.3) is 10.0 Å². The molecule has 1 radical (unpaired) electrons. The first kappa shape index (κ1) is 30.5. The van der Waals surface area contributed by atoms with E-state index in [2.05, 4.69) is 55.6 Å². The van der Waals surface area contributed by atoms with Gasteiger partial charge in [0.1, 0.15) is 17.0 Å². The second kappa shape index (κ2) is 12.6. The Morgan fingerprint density at radius 2 is 1.73 bits per heavy atom. The number of fused-ring (bicyclic) bond motifs is 1. The van der Waals surface area contributed by atoms with Crippen LogP contribution in [0.2, 0.25) is 0 Å². The normalized spacial score (nSPS) is 13.6. The molecule has 4 aromatic rings. The molecule has 0 bridgehead atoms. The number of aromatic nitrogens is 2. The van der Waals surface area contributed by atoms with E-state index in [1.165, 1.54) is 12.1 Å². The molecule has 13 heteroatoms. The van der Waals surface area contributed by atoms with Crippen LogP contribution in [0.3, 0.4) is 0 Å². The number of nitrogens with one attached hydrogen (secondary N) is 2. The van der Waals surface area contributed by atoms with Crippen LogP contribution in [0.1, 0.15) is 18.1 Å². The summed E-state index contributed by atoms with van der Waals surface area (Å²) in [5.74, 6) is 0.282. The Hall–Kier alpha value is -2.51. The monoisotopic (exact) mass is 668 g/mol.